The Morgan fingerprint density at radius 3 is 1.76 bits per heavy atom. The van der Waals surface area contributed by atoms with Gasteiger partial charge in [0.15, 0.2) is 11.4 Å². The Kier molecular flexibility index (Phi) is 7.31. The average Bonchev–Trinajstić information content (AvgIpc) is 2.53. The van der Waals surface area contributed by atoms with E-state index in [1.165, 1.54) is 18.2 Å². The molecule has 0 aliphatic carbocycles. The van der Waals surface area contributed by atoms with Crippen LogP contribution in [0.15, 0.2) is 18.2 Å². The molecule has 1 aromatic rings. The molecule has 0 radical (unpaired) electrons. The van der Waals surface area contributed by atoms with Crippen LogP contribution in [0.25, 0.3) is 0 Å². The molecule has 0 bridgehead atoms. The topological polar surface area (TPSA) is 165 Å². The normalized spacial score (nSPS) is 10.9. The predicted molar refractivity (Wildman–Crippen MR) is 92.8 cm³/mol. The van der Waals surface area contributed by atoms with Gasteiger partial charge in [0.25, 0.3) is 0 Å². The van der Waals surface area contributed by atoms with Crippen LogP contribution in [0.1, 0.15) is 16.8 Å². The molecule has 7 N–H and O–H groups in total. The molecule has 1 rings (SSSR count). The van der Waals surface area contributed by atoms with Crippen LogP contribution in [0.4, 0.5) is 11.4 Å². The van der Waals surface area contributed by atoms with Gasteiger partial charge in [-0.15, -0.1) is 23.2 Å². The molecule has 0 heterocycles. The van der Waals surface area contributed by atoms with Crippen LogP contribution in [-0.4, -0.2) is 46.1 Å². The van der Waals surface area contributed by atoms with Crippen molar-refractivity contribution in [2.24, 2.45) is 11.5 Å². The summed E-state index contributed by atoms with van der Waals surface area (Å²) in [5, 5.41) is 13.7. The summed E-state index contributed by atoms with van der Waals surface area (Å²) in [6, 6.07) is 3.93. The van der Waals surface area contributed by atoms with Gasteiger partial charge in [0.1, 0.15) is 11.8 Å². The number of nitrogens with two attached hydrogens (primary N) is 2. The van der Waals surface area contributed by atoms with Gasteiger partial charge >= 0.3 is 5.97 Å². The van der Waals surface area contributed by atoms with Crippen LogP contribution in [0, 0.1) is 0 Å². The number of carboxylic acids is 1. The van der Waals surface area contributed by atoms with E-state index in [2.05, 4.69) is 10.6 Å². The zero-order valence-electron chi connectivity index (χ0n) is 12.8. The summed E-state index contributed by atoms with van der Waals surface area (Å²) in [4.78, 5) is 46.1. The Morgan fingerprint density at radius 1 is 0.960 bits per heavy atom. The minimum Gasteiger partial charge on any atom is -0.479 e. The molecule has 0 aromatic heterocycles. The Morgan fingerprint density at radius 2 is 1.40 bits per heavy atom. The zero-order valence-corrected chi connectivity index (χ0v) is 14.4. The maximum absolute atomic E-state index is 12.3. The van der Waals surface area contributed by atoms with Crippen molar-refractivity contribution in [3.8, 4) is 0 Å². The first kappa shape index (κ1) is 20.8. The summed E-state index contributed by atoms with van der Waals surface area (Å²) in [6.07, 6.45) is -0.696. The van der Waals surface area contributed by atoms with E-state index >= 15 is 0 Å². The highest BCUT2D eigenvalue weighted by molar-refractivity contribution is 6.29. The molecular formula is C14H16Cl2N4O5. The van der Waals surface area contributed by atoms with E-state index in [9.17, 15) is 19.2 Å². The number of halogens is 2. The number of alkyl halides is 2. The summed E-state index contributed by atoms with van der Waals surface area (Å²) in [5.74, 6) is -3.99. The van der Waals surface area contributed by atoms with Gasteiger partial charge in [-0.2, -0.15) is 0 Å². The summed E-state index contributed by atoms with van der Waals surface area (Å²) in [7, 11) is 0. The lowest BCUT2D eigenvalue weighted by atomic mass is 9.99. The van der Waals surface area contributed by atoms with Crippen molar-refractivity contribution in [3.63, 3.8) is 0 Å². The first-order valence-corrected chi connectivity index (χ1v) is 7.87. The highest BCUT2D eigenvalue weighted by atomic mass is 35.5. The van der Waals surface area contributed by atoms with Gasteiger partial charge in [-0.25, -0.2) is 4.79 Å². The largest absolute Gasteiger partial charge is 0.479 e. The Balaban J connectivity index is 3.18. The fraction of sp³-hybridized carbons (Fsp3) is 0.286. The van der Waals surface area contributed by atoms with Crippen LogP contribution in [0.3, 0.4) is 0 Å². The van der Waals surface area contributed by atoms with Crippen molar-refractivity contribution in [2.75, 3.05) is 22.4 Å². The number of Topliss-reactive ketones (excluding diaryl/α,β-unsaturated/α-hetero) is 1. The van der Waals surface area contributed by atoms with Crippen molar-refractivity contribution < 1.29 is 24.3 Å². The molecule has 11 heteroatoms. The molecule has 0 unspecified atom stereocenters. The monoisotopic (exact) mass is 390 g/mol. The van der Waals surface area contributed by atoms with Gasteiger partial charge in [-0.1, -0.05) is 0 Å². The lowest BCUT2D eigenvalue weighted by Gasteiger charge is -2.18. The average molecular weight is 391 g/mol. The second-order valence-electron chi connectivity index (χ2n) is 5.11. The number of carboxylic acid groups (broad SMARTS) is 1. The van der Waals surface area contributed by atoms with Crippen LogP contribution in [0.2, 0.25) is 0 Å². The number of aliphatic carboxylic acids is 1. The van der Waals surface area contributed by atoms with Crippen LogP contribution in [0.5, 0.6) is 0 Å². The standard InChI is InChI=1S/C14H16Cl2N4O5/c15-5-11(22)19-8-1-7(2-9(3-8)20-12(23)6-16)10(21)4-14(17,18)13(24)25/h1-3H,4-6,17-18H2,(H,19,22)(H,20,23)(H,24,25). The quantitative estimate of drug-likeness (QED) is 0.242. The van der Waals surface area contributed by atoms with E-state index in [1.54, 1.807) is 0 Å². The molecule has 136 valence electrons. The molecule has 0 saturated heterocycles. The highest BCUT2D eigenvalue weighted by Gasteiger charge is 2.32. The molecule has 9 nitrogen and oxygen atoms in total. The number of rotatable bonds is 8. The fourth-order valence-electron chi connectivity index (χ4n) is 1.77. The summed E-state index contributed by atoms with van der Waals surface area (Å²) < 4.78 is 0. The van der Waals surface area contributed by atoms with Crippen molar-refractivity contribution in [3.05, 3.63) is 23.8 Å². The van der Waals surface area contributed by atoms with Crippen molar-refractivity contribution in [1.29, 1.82) is 0 Å². The third kappa shape index (κ3) is 6.31. The van der Waals surface area contributed by atoms with Gasteiger partial charge in [0, 0.05) is 16.9 Å². The molecule has 0 aliphatic heterocycles. The van der Waals surface area contributed by atoms with Gasteiger partial charge in [-0.05, 0) is 18.2 Å². The number of carbonyl (C=O) groups excluding carboxylic acids is 3. The van der Waals surface area contributed by atoms with E-state index in [0.29, 0.717) is 0 Å². The van der Waals surface area contributed by atoms with Gasteiger partial charge in [0.05, 0.1) is 6.42 Å². The molecular weight excluding hydrogens is 375 g/mol. The Labute approximate surface area is 152 Å². The van der Waals surface area contributed by atoms with Crippen molar-refractivity contribution in [2.45, 2.75) is 12.1 Å². The molecule has 0 fully saturated rings. The molecule has 2 amide bonds. The molecule has 25 heavy (non-hydrogen) atoms. The number of ketones is 1. The number of anilines is 2. The third-order valence-corrected chi connectivity index (χ3v) is 3.40. The minimum absolute atomic E-state index is 0.0150. The van der Waals surface area contributed by atoms with Crippen molar-refractivity contribution in [1.82, 2.24) is 0 Å². The summed E-state index contributed by atoms with van der Waals surface area (Å²) >= 11 is 10.8. The Bertz CT molecular complexity index is 672. The number of hydrogen-bond acceptors (Lipinski definition) is 6. The lowest BCUT2D eigenvalue weighted by molar-refractivity contribution is -0.143. The maximum Gasteiger partial charge on any atom is 0.338 e. The second-order valence-corrected chi connectivity index (χ2v) is 5.64. The molecule has 0 aliphatic rings. The number of hydrogen-bond donors (Lipinski definition) is 5. The second kappa shape index (κ2) is 8.77. The maximum atomic E-state index is 12.3. The van der Waals surface area contributed by atoms with Crippen LogP contribution >= 0.6 is 23.2 Å². The van der Waals surface area contributed by atoms with E-state index in [0.717, 1.165) is 0 Å². The first-order valence-electron chi connectivity index (χ1n) is 6.80. The smallest absolute Gasteiger partial charge is 0.338 e. The van der Waals surface area contributed by atoms with Gasteiger partial charge in [0.2, 0.25) is 11.8 Å². The highest BCUT2D eigenvalue weighted by Crippen LogP contribution is 2.21. The number of benzene rings is 1. The molecule has 0 atom stereocenters. The Hall–Kier alpha value is -2.20. The van der Waals surface area contributed by atoms with Gasteiger partial charge in [-0.3, -0.25) is 14.4 Å². The van der Waals surface area contributed by atoms with Gasteiger partial charge < -0.3 is 27.2 Å². The molecule has 0 spiro atoms. The lowest BCUT2D eigenvalue weighted by Crippen LogP contribution is -2.57. The van der Waals surface area contributed by atoms with Crippen LogP contribution < -0.4 is 22.1 Å². The van der Waals surface area contributed by atoms with Crippen molar-refractivity contribution >= 4 is 58.1 Å². The number of carbonyl (C=O) groups is 4. The molecule has 0 saturated carbocycles. The number of amides is 2. The zero-order chi connectivity index (χ0) is 19.2. The number of nitrogens with one attached hydrogen (secondary N) is 2. The predicted octanol–water partition coefficient (Wildman–Crippen LogP) is 0.312. The minimum atomic E-state index is -2.26. The summed E-state index contributed by atoms with van der Waals surface area (Å²) in [5.41, 5.74) is 8.78. The van der Waals surface area contributed by atoms with E-state index in [4.69, 9.17) is 39.8 Å². The van der Waals surface area contributed by atoms with E-state index in [1.807, 2.05) is 0 Å². The van der Waals surface area contributed by atoms with E-state index in [-0.39, 0.29) is 28.7 Å². The molecule has 1 aromatic carbocycles. The first-order chi connectivity index (χ1) is 11.6. The third-order valence-electron chi connectivity index (χ3n) is 2.92. The SMILES string of the molecule is NC(N)(CC(=O)c1cc(NC(=O)CCl)cc(NC(=O)CCl)c1)C(=O)O. The van der Waals surface area contributed by atoms with E-state index < -0.39 is 35.7 Å². The fourth-order valence-corrected chi connectivity index (χ4v) is 1.90. The summed E-state index contributed by atoms with van der Waals surface area (Å²) in [6.45, 7) is 0. The van der Waals surface area contributed by atoms with Crippen LogP contribution in [-0.2, 0) is 14.4 Å².